The number of phenolic OH excluding ortho intramolecular Hbond substituents is 2. The molecule has 6 atom stereocenters. The monoisotopic (exact) mass is 676 g/mol. The van der Waals surface area contributed by atoms with Crippen molar-refractivity contribution in [3.63, 3.8) is 0 Å². The number of phenols is 2. The summed E-state index contributed by atoms with van der Waals surface area (Å²) in [7, 11) is 1.31. The van der Waals surface area contributed by atoms with Gasteiger partial charge >= 0.3 is 6.03 Å². The largest absolute Gasteiger partial charge is 0.507 e. The fourth-order valence-electron chi connectivity index (χ4n) is 6.25. The molecule has 17 heteroatoms. The molecule has 252 valence electrons. The van der Waals surface area contributed by atoms with E-state index in [9.17, 15) is 44.5 Å². The van der Waals surface area contributed by atoms with Gasteiger partial charge in [0.2, 0.25) is 5.78 Å². The SMILES string of the molecule is COc1cccc2c1C(=O)c1c(O)c3c(c(O)c1C2=O)C[C@@](O)(C(C)=O)C[C@@H]3OC1CC(NNC(=O)N(CCCl)N=O)C(O)C(C)O1. The number of aliphatic hydroxyl groups excluding tert-OH is 1. The lowest BCUT2D eigenvalue weighted by Gasteiger charge is -2.42. The Kier molecular flexibility index (Phi) is 9.54. The minimum Gasteiger partial charge on any atom is -0.507 e. The Balaban J connectivity index is 1.52. The number of nitroso groups, excluding NO2 is 1. The number of nitrogens with one attached hydrogen (secondary N) is 2. The third-order valence-electron chi connectivity index (χ3n) is 8.75. The highest BCUT2D eigenvalue weighted by Gasteiger charge is 2.49. The first-order chi connectivity index (χ1) is 22.3. The fourth-order valence-corrected chi connectivity index (χ4v) is 6.41. The standard InChI is InChI=1S/C30H33ClN4O12/c1-12-24(37)16(32-33-29(42)35(34-44)8-7-31)9-19(46-12)47-18-11-30(43,13(2)36)10-15-21(18)28(41)23-22(26(15)39)25(38)14-5-4-6-17(45-3)20(14)27(23)40/h4-6,12,16,18-19,24,32,37,39,41,43H,7-11H2,1-3H3,(H,33,42)/t12?,16?,18-,19?,24?,30-/m0/s1. The van der Waals surface area contributed by atoms with Gasteiger partial charge in [-0.1, -0.05) is 12.1 Å². The van der Waals surface area contributed by atoms with Crippen LogP contribution in [0.5, 0.6) is 17.2 Å². The number of hydrazine groups is 1. The molecule has 47 heavy (non-hydrogen) atoms. The van der Waals surface area contributed by atoms with Gasteiger partial charge in [-0.3, -0.25) is 19.8 Å². The van der Waals surface area contributed by atoms with E-state index in [1.165, 1.54) is 32.2 Å². The number of methoxy groups -OCH3 is 1. The molecular weight excluding hydrogens is 644 g/mol. The van der Waals surface area contributed by atoms with Crippen molar-refractivity contribution in [2.45, 2.75) is 69.4 Å². The number of alkyl halides is 1. The molecule has 6 N–H and O–H groups in total. The van der Waals surface area contributed by atoms with Crippen LogP contribution in [-0.4, -0.2) is 98.5 Å². The number of ketones is 3. The molecule has 0 spiro atoms. The number of hydrogen-bond donors (Lipinski definition) is 6. The van der Waals surface area contributed by atoms with Gasteiger partial charge in [0.25, 0.3) is 0 Å². The summed E-state index contributed by atoms with van der Waals surface area (Å²) in [6.45, 7) is 2.47. The second-order valence-electron chi connectivity index (χ2n) is 11.5. The van der Waals surface area contributed by atoms with E-state index in [1.54, 1.807) is 0 Å². The lowest BCUT2D eigenvalue weighted by Crippen LogP contribution is -2.59. The Labute approximate surface area is 272 Å². The van der Waals surface area contributed by atoms with E-state index in [-0.39, 0.29) is 46.8 Å². The fraction of sp³-hybridized carbons (Fsp3) is 0.467. The Bertz CT molecular complexity index is 1650. The summed E-state index contributed by atoms with van der Waals surface area (Å²) in [4.78, 5) is 63.4. The van der Waals surface area contributed by atoms with E-state index in [0.717, 1.165) is 6.92 Å². The maximum Gasteiger partial charge on any atom is 0.354 e. The van der Waals surface area contributed by atoms with E-state index in [0.29, 0.717) is 5.01 Å². The molecule has 2 amide bonds. The van der Waals surface area contributed by atoms with E-state index in [2.05, 4.69) is 16.1 Å². The molecule has 1 aliphatic heterocycles. The number of ether oxygens (including phenoxy) is 3. The highest BCUT2D eigenvalue weighted by molar-refractivity contribution is 6.31. The molecule has 0 bridgehead atoms. The van der Waals surface area contributed by atoms with Gasteiger partial charge in [0.15, 0.2) is 17.9 Å². The molecule has 1 saturated heterocycles. The van der Waals surface area contributed by atoms with Crippen molar-refractivity contribution in [3.05, 3.63) is 56.5 Å². The Hall–Kier alpha value is -4.19. The number of carbonyl (C=O) groups excluding carboxylic acids is 4. The number of aromatic hydroxyl groups is 2. The third kappa shape index (κ3) is 5.92. The number of benzene rings is 2. The second-order valence-corrected chi connectivity index (χ2v) is 11.9. The van der Waals surface area contributed by atoms with Crippen LogP contribution >= 0.6 is 11.6 Å². The van der Waals surface area contributed by atoms with Crippen LogP contribution in [0.25, 0.3) is 0 Å². The van der Waals surface area contributed by atoms with Crippen LogP contribution in [0, 0.1) is 4.91 Å². The van der Waals surface area contributed by atoms with Gasteiger partial charge in [0.05, 0.1) is 60.0 Å². The van der Waals surface area contributed by atoms with Gasteiger partial charge in [-0.2, -0.15) is 5.01 Å². The number of urea groups is 1. The van der Waals surface area contributed by atoms with Crippen LogP contribution < -0.4 is 15.6 Å². The Morgan fingerprint density at radius 2 is 1.87 bits per heavy atom. The van der Waals surface area contributed by atoms with Crippen LogP contribution in [-0.2, 0) is 20.7 Å². The number of nitrogens with zero attached hydrogens (tertiary/aromatic N) is 2. The number of rotatable bonds is 9. The summed E-state index contributed by atoms with van der Waals surface area (Å²) >= 11 is 5.58. The lowest BCUT2D eigenvalue weighted by molar-refractivity contribution is -0.250. The molecule has 16 nitrogen and oxygen atoms in total. The molecule has 2 aromatic carbocycles. The molecule has 2 aliphatic carbocycles. The van der Waals surface area contributed by atoms with Crippen molar-refractivity contribution < 1.29 is 53.8 Å². The second kappa shape index (κ2) is 13.1. The predicted molar refractivity (Wildman–Crippen MR) is 161 cm³/mol. The first-order valence-electron chi connectivity index (χ1n) is 14.6. The van der Waals surface area contributed by atoms with Crippen LogP contribution in [0.1, 0.15) is 75.8 Å². The van der Waals surface area contributed by atoms with Crippen molar-refractivity contribution in [3.8, 4) is 17.2 Å². The van der Waals surface area contributed by atoms with Crippen LogP contribution in [0.4, 0.5) is 4.79 Å². The normalized spacial score (nSPS) is 26.5. The first-order valence-corrected chi connectivity index (χ1v) is 15.1. The molecule has 4 unspecified atom stereocenters. The number of carbonyl (C=O) groups is 4. The molecule has 0 saturated carbocycles. The van der Waals surface area contributed by atoms with E-state index in [1.807, 2.05) is 0 Å². The lowest BCUT2D eigenvalue weighted by atomic mass is 9.72. The summed E-state index contributed by atoms with van der Waals surface area (Å²) in [6.07, 6.45) is -5.79. The van der Waals surface area contributed by atoms with E-state index in [4.69, 9.17) is 25.8 Å². The van der Waals surface area contributed by atoms with Crippen LogP contribution in [0.3, 0.4) is 0 Å². The zero-order valence-corrected chi connectivity index (χ0v) is 26.2. The molecular formula is C30H33ClN4O12. The average Bonchev–Trinajstić information content (AvgIpc) is 3.04. The predicted octanol–water partition coefficient (Wildman–Crippen LogP) is 1.51. The zero-order chi connectivity index (χ0) is 34.4. The van der Waals surface area contributed by atoms with Crippen LogP contribution in [0.2, 0.25) is 0 Å². The summed E-state index contributed by atoms with van der Waals surface area (Å²) in [6, 6.07) is 2.46. The maximum atomic E-state index is 13.8. The van der Waals surface area contributed by atoms with Crippen LogP contribution in [0.15, 0.2) is 23.5 Å². The van der Waals surface area contributed by atoms with Gasteiger partial charge in [-0.25, -0.2) is 10.2 Å². The highest BCUT2D eigenvalue weighted by Crippen LogP contribution is 2.52. The Morgan fingerprint density at radius 3 is 2.51 bits per heavy atom. The molecule has 5 rings (SSSR count). The number of aliphatic hydroxyl groups is 2. The smallest absolute Gasteiger partial charge is 0.354 e. The van der Waals surface area contributed by atoms with Gasteiger partial charge in [0.1, 0.15) is 22.8 Å². The topological polar surface area (TPSA) is 234 Å². The van der Waals surface area contributed by atoms with Gasteiger partial charge in [0, 0.05) is 41.8 Å². The first kappa shape index (κ1) is 34.2. The molecule has 0 radical (unpaired) electrons. The van der Waals surface area contributed by atoms with Crippen molar-refractivity contribution >= 4 is 35.0 Å². The van der Waals surface area contributed by atoms with Crippen molar-refractivity contribution in [1.82, 2.24) is 15.9 Å². The number of fused-ring (bicyclic) bond motifs is 3. The van der Waals surface area contributed by atoms with Gasteiger partial charge in [-0.05, 0) is 19.9 Å². The molecule has 2 aromatic rings. The quantitative estimate of drug-likeness (QED) is 0.0817. The summed E-state index contributed by atoms with van der Waals surface area (Å²) in [5.41, 5.74) is 1.29. The number of amides is 2. The molecule has 1 fully saturated rings. The zero-order valence-electron chi connectivity index (χ0n) is 25.5. The third-order valence-corrected chi connectivity index (χ3v) is 8.92. The molecule has 1 heterocycles. The van der Waals surface area contributed by atoms with E-state index < -0.39 is 95.1 Å². The van der Waals surface area contributed by atoms with E-state index >= 15 is 0 Å². The Morgan fingerprint density at radius 1 is 1.17 bits per heavy atom. The van der Waals surface area contributed by atoms with Crippen molar-refractivity contribution in [1.29, 1.82) is 0 Å². The number of Topliss-reactive ketones (excluding diaryl/α,β-unsaturated/α-hetero) is 1. The number of hydrogen-bond acceptors (Lipinski definition) is 14. The summed E-state index contributed by atoms with van der Waals surface area (Å²) in [5.74, 6) is -3.64. The van der Waals surface area contributed by atoms with Gasteiger partial charge < -0.3 is 34.6 Å². The minimum atomic E-state index is -2.11. The minimum absolute atomic E-state index is 0.0626. The molecule has 3 aliphatic rings. The van der Waals surface area contributed by atoms with Gasteiger partial charge in [-0.15, -0.1) is 16.5 Å². The average molecular weight is 677 g/mol. The maximum absolute atomic E-state index is 13.8. The summed E-state index contributed by atoms with van der Waals surface area (Å²) < 4.78 is 17.3. The highest BCUT2D eigenvalue weighted by atomic mass is 35.5. The van der Waals surface area contributed by atoms with Crippen molar-refractivity contribution in [2.75, 3.05) is 19.5 Å². The summed E-state index contributed by atoms with van der Waals surface area (Å²) in [5, 5.41) is 48.3. The molecule has 0 aromatic heterocycles. The number of halogens is 1. The van der Waals surface area contributed by atoms with Crippen molar-refractivity contribution in [2.24, 2.45) is 5.29 Å².